The molecule has 0 amide bonds. The van der Waals surface area contributed by atoms with Gasteiger partial charge in [-0.3, -0.25) is 0 Å². The standard InChI is InChI=1S/C31H23N/c1-3-11-21(12-4-1)31(22-13-5-2-6-14-22)27-17-9-7-15-23(27)25-19-26-24-16-8-10-18-29(24)32-30(26)20-28(25)31/h1-5,7-13,15-20,32H,6,14H2. The molecule has 7 rings (SSSR count). The number of para-hydroxylation sites is 1. The molecule has 1 N–H and O–H groups in total. The van der Waals surface area contributed by atoms with E-state index < -0.39 is 0 Å². The molecule has 0 spiro atoms. The van der Waals surface area contributed by atoms with Crippen LogP contribution in [0, 0.1) is 0 Å². The molecule has 1 atom stereocenters. The zero-order valence-corrected chi connectivity index (χ0v) is 17.8. The second-order valence-corrected chi connectivity index (χ2v) is 8.93. The van der Waals surface area contributed by atoms with Crippen molar-refractivity contribution in [2.75, 3.05) is 0 Å². The first-order valence-electron chi connectivity index (χ1n) is 11.4. The van der Waals surface area contributed by atoms with Gasteiger partial charge in [-0.25, -0.2) is 0 Å². The number of allylic oxidation sites excluding steroid dienone is 4. The number of rotatable bonds is 2. The molecule has 4 aromatic carbocycles. The Balaban J connectivity index is 1.66. The summed E-state index contributed by atoms with van der Waals surface area (Å²) in [5.41, 5.74) is 10.5. The minimum absolute atomic E-state index is 0.260. The third-order valence-corrected chi connectivity index (χ3v) is 7.37. The molecule has 2 aliphatic carbocycles. The van der Waals surface area contributed by atoms with Crippen LogP contribution in [-0.4, -0.2) is 4.98 Å². The highest BCUT2D eigenvalue weighted by Gasteiger charge is 2.47. The molecular formula is C31H23N. The van der Waals surface area contributed by atoms with Gasteiger partial charge in [0.15, 0.2) is 0 Å². The van der Waals surface area contributed by atoms with Gasteiger partial charge < -0.3 is 4.98 Å². The van der Waals surface area contributed by atoms with E-state index in [4.69, 9.17) is 0 Å². The van der Waals surface area contributed by atoms with E-state index in [-0.39, 0.29) is 5.41 Å². The van der Waals surface area contributed by atoms with Crippen LogP contribution in [0.1, 0.15) is 29.5 Å². The van der Waals surface area contributed by atoms with Crippen molar-refractivity contribution >= 4 is 21.8 Å². The minimum Gasteiger partial charge on any atom is -0.355 e. The van der Waals surface area contributed by atoms with Crippen molar-refractivity contribution in [3.8, 4) is 11.1 Å². The van der Waals surface area contributed by atoms with Crippen molar-refractivity contribution in [2.45, 2.75) is 18.3 Å². The molecule has 0 saturated carbocycles. The lowest BCUT2D eigenvalue weighted by Gasteiger charge is -2.36. The van der Waals surface area contributed by atoms with Gasteiger partial charge in [-0.2, -0.15) is 0 Å². The first-order chi connectivity index (χ1) is 15.9. The number of aromatic amines is 1. The Labute approximate surface area is 187 Å². The van der Waals surface area contributed by atoms with Gasteiger partial charge in [0.2, 0.25) is 0 Å². The van der Waals surface area contributed by atoms with E-state index in [0.717, 1.165) is 12.8 Å². The quantitative estimate of drug-likeness (QED) is 0.305. The monoisotopic (exact) mass is 409 g/mol. The summed E-state index contributed by atoms with van der Waals surface area (Å²) in [7, 11) is 0. The van der Waals surface area contributed by atoms with Crippen molar-refractivity contribution in [3.05, 3.63) is 131 Å². The lowest BCUT2D eigenvalue weighted by atomic mass is 9.65. The Kier molecular flexibility index (Phi) is 3.66. The molecule has 152 valence electrons. The smallest absolute Gasteiger partial charge is 0.0677 e. The lowest BCUT2D eigenvalue weighted by molar-refractivity contribution is 0.693. The highest BCUT2D eigenvalue weighted by atomic mass is 14.7. The minimum atomic E-state index is -0.260. The summed E-state index contributed by atoms with van der Waals surface area (Å²) >= 11 is 0. The molecular weight excluding hydrogens is 386 g/mol. The Hall–Kier alpha value is -3.84. The van der Waals surface area contributed by atoms with E-state index in [1.165, 1.54) is 55.2 Å². The van der Waals surface area contributed by atoms with E-state index >= 15 is 0 Å². The number of benzene rings is 4. The first kappa shape index (κ1) is 17.8. The topological polar surface area (TPSA) is 15.8 Å². The van der Waals surface area contributed by atoms with Crippen LogP contribution in [0.4, 0.5) is 0 Å². The maximum absolute atomic E-state index is 3.69. The molecule has 5 aromatic rings. The third kappa shape index (κ3) is 2.23. The van der Waals surface area contributed by atoms with E-state index in [1.807, 2.05) is 0 Å². The number of fused-ring (bicyclic) bond motifs is 6. The molecule has 1 aromatic heterocycles. The van der Waals surface area contributed by atoms with E-state index in [0.29, 0.717) is 0 Å². The Morgan fingerprint density at radius 3 is 2.34 bits per heavy atom. The van der Waals surface area contributed by atoms with Crippen molar-refractivity contribution in [3.63, 3.8) is 0 Å². The van der Waals surface area contributed by atoms with Crippen LogP contribution in [0.25, 0.3) is 32.9 Å². The number of hydrogen-bond acceptors (Lipinski definition) is 0. The molecule has 32 heavy (non-hydrogen) atoms. The fourth-order valence-electron chi connectivity index (χ4n) is 6.07. The molecule has 0 radical (unpaired) electrons. The molecule has 1 nitrogen and oxygen atoms in total. The predicted octanol–water partition coefficient (Wildman–Crippen LogP) is 7.91. The fourth-order valence-corrected chi connectivity index (χ4v) is 6.07. The highest BCUT2D eigenvalue weighted by molar-refractivity contribution is 6.10. The zero-order valence-electron chi connectivity index (χ0n) is 17.8. The van der Waals surface area contributed by atoms with Gasteiger partial charge in [0.25, 0.3) is 0 Å². The van der Waals surface area contributed by atoms with Crippen LogP contribution >= 0.6 is 0 Å². The average Bonchev–Trinajstić information content (AvgIpc) is 3.37. The Bertz CT molecular complexity index is 1560. The van der Waals surface area contributed by atoms with Gasteiger partial charge in [-0.15, -0.1) is 0 Å². The normalized spacial score (nSPS) is 19.2. The SMILES string of the molecule is C1=CCCC(C2(c3ccccc3)c3ccccc3-c3cc4c(cc32)[nH]c2ccccc24)=C1. The Morgan fingerprint density at radius 1 is 0.656 bits per heavy atom. The molecule has 1 unspecified atom stereocenters. The van der Waals surface area contributed by atoms with Gasteiger partial charge >= 0.3 is 0 Å². The first-order valence-corrected chi connectivity index (χ1v) is 11.4. The zero-order chi connectivity index (χ0) is 21.1. The highest BCUT2D eigenvalue weighted by Crippen LogP contribution is 2.58. The van der Waals surface area contributed by atoms with E-state index in [9.17, 15) is 0 Å². The van der Waals surface area contributed by atoms with E-state index in [1.54, 1.807) is 0 Å². The Morgan fingerprint density at radius 2 is 1.47 bits per heavy atom. The van der Waals surface area contributed by atoms with Crippen LogP contribution in [-0.2, 0) is 5.41 Å². The van der Waals surface area contributed by atoms with Crippen molar-refractivity contribution in [1.29, 1.82) is 0 Å². The fraction of sp³-hybridized carbons (Fsp3) is 0.0968. The third-order valence-electron chi connectivity index (χ3n) is 7.37. The summed E-state index contributed by atoms with van der Waals surface area (Å²) in [4.78, 5) is 3.69. The second kappa shape index (κ2) is 6.58. The van der Waals surface area contributed by atoms with Crippen LogP contribution < -0.4 is 0 Å². The second-order valence-electron chi connectivity index (χ2n) is 8.93. The summed E-state index contributed by atoms with van der Waals surface area (Å²) in [6.07, 6.45) is 9.05. The van der Waals surface area contributed by atoms with Gasteiger partial charge in [0.1, 0.15) is 0 Å². The number of nitrogens with one attached hydrogen (secondary N) is 1. The van der Waals surface area contributed by atoms with Gasteiger partial charge in [-0.05, 0) is 58.9 Å². The van der Waals surface area contributed by atoms with Crippen molar-refractivity contribution < 1.29 is 0 Å². The molecule has 1 heterocycles. The van der Waals surface area contributed by atoms with E-state index in [2.05, 4.69) is 114 Å². The van der Waals surface area contributed by atoms with Gasteiger partial charge in [-0.1, -0.05) is 96.6 Å². The summed E-state index contributed by atoms with van der Waals surface area (Å²) in [6.45, 7) is 0. The molecule has 0 fully saturated rings. The maximum atomic E-state index is 3.69. The molecule has 0 bridgehead atoms. The molecule has 0 saturated heterocycles. The van der Waals surface area contributed by atoms with Gasteiger partial charge in [0, 0.05) is 21.8 Å². The summed E-state index contributed by atoms with van der Waals surface area (Å²) in [6, 6.07) is 33.6. The molecule has 2 aliphatic rings. The van der Waals surface area contributed by atoms with Crippen molar-refractivity contribution in [2.24, 2.45) is 0 Å². The number of hydrogen-bond donors (Lipinski definition) is 1. The lowest BCUT2D eigenvalue weighted by Crippen LogP contribution is -2.30. The molecule has 0 aliphatic heterocycles. The maximum Gasteiger partial charge on any atom is 0.0677 e. The largest absolute Gasteiger partial charge is 0.355 e. The molecule has 1 heteroatoms. The van der Waals surface area contributed by atoms with Gasteiger partial charge in [0.05, 0.1) is 5.41 Å². The van der Waals surface area contributed by atoms with Crippen molar-refractivity contribution in [1.82, 2.24) is 4.98 Å². The van der Waals surface area contributed by atoms with Crippen LogP contribution in [0.3, 0.4) is 0 Å². The predicted molar refractivity (Wildman–Crippen MR) is 134 cm³/mol. The summed E-state index contributed by atoms with van der Waals surface area (Å²) in [5, 5.41) is 2.59. The number of H-pyrrole nitrogens is 1. The number of aromatic nitrogens is 1. The van der Waals surface area contributed by atoms with Crippen LogP contribution in [0.5, 0.6) is 0 Å². The average molecular weight is 410 g/mol. The van der Waals surface area contributed by atoms with Crippen LogP contribution in [0.15, 0.2) is 115 Å². The summed E-state index contributed by atoms with van der Waals surface area (Å²) < 4.78 is 0. The summed E-state index contributed by atoms with van der Waals surface area (Å²) in [5.74, 6) is 0. The van der Waals surface area contributed by atoms with Crippen LogP contribution in [0.2, 0.25) is 0 Å².